The molecule has 1 atom stereocenters. The van der Waals surface area contributed by atoms with Crippen molar-refractivity contribution in [3.8, 4) is 0 Å². The highest BCUT2D eigenvalue weighted by atomic mass is 19.4. The van der Waals surface area contributed by atoms with Gasteiger partial charge in [-0.15, -0.1) is 0 Å². The van der Waals surface area contributed by atoms with Gasteiger partial charge in [-0.25, -0.2) is 0 Å². The number of carbonyl (C=O) groups is 1. The van der Waals surface area contributed by atoms with E-state index in [0.29, 0.717) is 24.9 Å². The number of aromatic nitrogens is 1. The van der Waals surface area contributed by atoms with Crippen molar-refractivity contribution in [2.45, 2.75) is 45.8 Å². The van der Waals surface area contributed by atoms with Crippen LogP contribution in [0.15, 0.2) is 17.1 Å². The fourth-order valence-electron chi connectivity index (χ4n) is 3.40. The first kappa shape index (κ1) is 20.5. The molecule has 2 N–H and O–H groups in total. The van der Waals surface area contributed by atoms with E-state index >= 15 is 0 Å². The van der Waals surface area contributed by atoms with Gasteiger partial charge in [-0.1, -0.05) is 20.8 Å². The normalized spacial score (nSPS) is 17.3. The van der Waals surface area contributed by atoms with Crippen LogP contribution in [0.1, 0.15) is 44.4 Å². The number of nitrogens with two attached hydrogens (primary N) is 1. The highest BCUT2D eigenvalue weighted by Crippen LogP contribution is 2.32. The Bertz CT molecular complexity index is 707. The molecule has 0 aromatic carbocycles. The fourth-order valence-corrected chi connectivity index (χ4v) is 3.40. The summed E-state index contributed by atoms with van der Waals surface area (Å²) in [5.41, 5.74) is 3.63. The molecule has 1 aliphatic rings. The monoisotopic (exact) mass is 373 g/mol. The molecule has 1 unspecified atom stereocenters. The highest BCUT2D eigenvalue weighted by Gasteiger charge is 2.35. The summed E-state index contributed by atoms with van der Waals surface area (Å²) in [7, 11) is 0. The van der Waals surface area contributed by atoms with E-state index in [2.05, 4.69) is 11.8 Å². The van der Waals surface area contributed by atoms with Crippen LogP contribution in [-0.4, -0.2) is 35.0 Å². The average Bonchev–Trinajstić information content (AvgIpc) is 2.47. The molecule has 1 aromatic heterocycles. The summed E-state index contributed by atoms with van der Waals surface area (Å²) in [4.78, 5) is 26.1. The SMILES string of the molecule is CC(C)CC(C(N)=O)n1cc(CCN2CC(C)C2)c(C(F)(F)F)cc1=O. The smallest absolute Gasteiger partial charge is 0.368 e. The largest absolute Gasteiger partial charge is 0.416 e. The first-order chi connectivity index (χ1) is 12.0. The molecule has 1 saturated heterocycles. The van der Waals surface area contributed by atoms with Crippen molar-refractivity contribution in [1.29, 1.82) is 0 Å². The van der Waals surface area contributed by atoms with Crippen LogP contribution in [0.3, 0.4) is 0 Å². The van der Waals surface area contributed by atoms with Crippen LogP contribution in [-0.2, 0) is 17.4 Å². The third-order valence-electron chi connectivity index (χ3n) is 4.66. The standard InChI is InChI=1S/C18H26F3N3O2/c1-11(2)6-15(17(22)26)24-10-13(4-5-23-8-12(3)9-23)14(7-16(24)25)18(19,20)21/h7,10-12,15H,4-6,8-9H2,1-3H3,(H2,22,26). The number of pyridine rings is 1. The van der Waals surface area contributed by atoms with Crippen molar-refractivity contribution in [2.24, 2.45) is 17.6 Å². The Kier molecular flexibility index (Phi) is 6.16. The van der Waals surface area contributed by atoms with E-state index in [0.717, 1.165) is 17.7 Å². The zero-order valence-corrected chi connectivity index (χ0v) is 15.3. The first-order valence-electron chi connectivity index (χ1n) is 8.83. The van der Waals surface area contributed by atoms with Gasteiger partial charge >= 0.3 is 6.18 Å². The van der Waals surface area contributed by atoms with E-state index in [4.69, 9.17) is 5.73 Å². The minimum absolute atomic E-state index is 0.0201. The van der Waals surface area contributed by atoms with Gasteiger partial charge in [0.1, 0.15) is 6.04 Å². The average molecular weight is 373 g/mol. The number of halogens is 3. The minimum atomic E-state index is -4.61. The maximum atomic E-state index is 13.4. The molecule has 26 heavy (non-hydrogen) atoms. The molecule has 1 aromatic rings. The van der Waals surface area contributed by atoms with Gasteiger partial charge in [-0.05, 0) is 30.2 Å². The Morgan fingerprint density at radius 2 is 1.96 bits per heavy atom. The van der Waals surface area contributed by atoms with Crippen LogP contribution in [0.5, 0.6) is 0 Å². The van der Waals surface area contributed by atoms with E-state index in [1.54, 1.807) is 0 Å². The van der Waals surface area contributed by atoms with Crippen molar-refractivity contribution in [1.82, 2.24) is 9.47 Å². The summed E-state index contributed by atoms with van der Waals surface area (Å²) in [6.07, 6.45) is -2.99. The molecular formula is C18H26F3N3O2. The predicted molar refractivity (Wildman–Crippen MR) is 92.7 cm³/mol. The van der Waals surface area contributed by atoms with Gasteiger partial charge in [0.2, 0.25) is 5.91 Å². The molecule has 0 spiro atoms. The molecule has 0 aliphatic carbocycles. The third-order valence-corrected chi connectivity index (χ3v) is 4.66. The second-order valence-electron chi connectivity index (χ2n) is 7.62. The van der Waals surface area contributed by atoms with Gasteiger partial charge in [0.05, 0.1) is 5.56 Å². The van der Waals surface area contributed by atoms with Crippen molar-refractivity contribution < 1.29 is 18.0 Å². The van der Waals surface area contributed by atoms with E-state index < -0.39 is 29.2 Å². The molecule has 0 saturated carbocycles. The van der Waals surface area contributed by atoms with Crippen molar-refractivity contribution in [3.63, 3.8) is 0 Å². The summed E-state index contributed by atoms with van der Waals surface area (Å²) in [6.45, 7) is 8.00. The molecule has 0 bridgehead atoms. The van der Waals surface area contributed by atoms with Crippen LogP contribution in [0.4, 0.5) is 13.2 Å². The van der Waals surface area contributed by atoms with Gasteiger partial charge < -0.3 is 15.2 Å². The zero-order valence-electron chi connectivity index (χ0n) is 15.3. The molecule has 1 aliphatic heterocycles. The second kappa shape index (κ2) is 7.82. The topological polar surface area (TPSA) is 68.3 Å². The van der Waals surface area contributed by atoms with Gasteiger partial charge in [0.25, 0.3) is 5.56 Å². The van der Waals surface area contributed by atoms with Gasteiger partial charge in [-0.2, -0.15) is 13.2 Å². The predicted octanol–water partition coefficient (Wildman–Crippen LogP) is 2.43. The molecule has 8 heteroatoms. The third kappa shape index (κ3) is 4.87. The number of alkyl halides is 3. The summed E-state index contributed by atoms with van der Waals surface area (Å²) in [6, 6.07) is -0.364. The lowest BCUT2D eigenvalue weighted by Gasteiger charge is -2.37. The van der Waals surface area contributed by atoms with Crippen LogP contribution in [0, 0.1) is 11.8 Å². The number of carbonyl (C=O) groups excluding carboxylic acids is 1. The van der Waals surface area contributed by atoms with E-state index in [1.165, 1.54) is 6.20 Å². The maximum Gasteiger partial charge on any atom is 0.416 e. The summed E-state index contributed by atoms with van der Waals surface area (Å²) in [5, 5.41) is 0. The molecule has 1 fully saturated rings. The molecule has 2 rings (SSSR count). The van der Waals surface area contributed by atoms with Crippen molar-refractivity contribution in [2.75, 3.05) is 19.6 Å². The summed E-state index contributed by atoms with van der Waals surface area (Å²) < 4.78 is 41.1. The van der Waals surface area contributed by atoms with E-state index in [9.17, 15) is 22.8 Å². The molecule has 1 amide bonds. The lowest BCUT2D eigenvalue weighted by molar-refractivity contribution is -0.138. The van der Waals surface area contributed by atoms with Gasteiger partial charge in [0.15, 0.2) is 0 Å². The molecule has 2 heterocycles. The molecule has 5 nitrogen and oxygen atoms in total. The van der Waals surface area contributed by atoms with Crippen LogP contribution in [0.2, 0.25) is 0 Å². The number of rotatable bonds is 7. The summed E-state index contributed by atoms with van der Waals surface area (Å²) in [5.74, 6) is -0.105. The summed E-state index contributed by atoms with van der Waals surface area (Å²) >= 11 is 0. The number of hydrogen-bond acceptors (Lipinski definition) is 3. The van der Waals surface area contributed by atoms with Crippen LogP contribution in [0.25, 0.3) is 0 Å². The molecule has 146 valence electrons. The molecule has 0 radical (unpaired) electrons. The van der Waals surface area contributed by atoms with Gasteiger partial charge in [0, 0.05) is 31.9 Å². The Morgan fingerprint density at radius 1 is 1.35 bits per heavy atom. The maximum absolute atomic E-state index is 13.4. The van der Waals surface area contributed by atoms with E-state index in [-0.39, 0.29) is 17.9 Å². The van der Waals surface area contributed by atoms with E-state index in [1.807, 2.05) is 13.8 Å². The zero-order chi connectivity index (χ0) is 19.6. The Hall–Kier alpha value is -1.83. The van der Waals surface area contributed by atoms with Crippen molar-refractivity contribution >= 4 is 5.91 Å². The Labute approximate surface area is 151 Å². The number of likely N-dealkylation sites (tertiary alicyclic amines) is 1. The Balaban J connectivity index is 2.38. The number of amides is 1. The minimum Gasteiger partial charge on any atom is -0.368 e. The van der Waals surface area contributed by atoms with Crippen LogP contribution < -0.4 is 11.3 Å². The number of nitrogens with zero attached hydrogens (tertiary/aromatic N) is 2. The number of primary amides is 1. The first-order valence-corrected chi connectivity index (χ1v) is 8.83. The lowest BCUT2D eigenvalue weighted by Crippen LogP contribution is -2.46. The Morgan fingerprint density at radius 3 is 2.42 bits per heavy atom. The van der Waals surface area contributed by atoms with Crippen LogP contribution >= 0.6 is 0 Å². The second-order valence-corrected chi connectivity index (χ2v) is 7.62. The highest BCUT2D eigenvalue weighted by molar-refractivity contribution is 5.78. The number of hydrogen-bond donors (Lipinski definition) is 1. The molecular weight excluding hydrogens is 347 g/mol. The fraction of sp³-hybridized carbons (Fsp3) is 0.667. The van der Waals surface area contributed by atoms with Gasteiger partial charge in [-0.3, -0.25) is 9.59 Å². The lowest BCUT2D eigenvalue weighted by atomic mass is 9.99. The van der Waals surface area contributed by atoms with Crippen molar-refractivity contribution in [3.05, 3.63) is 33.7 Å². The quantitative estimate of drug-likeness (QED) is 0.798.